The first-order chi connectivity index (χ1) is 10.6. The van der Waals surface area contributed by atoms with Crippen molar-refractivity contribution >= 4 is 11.5 Å². The fourth-order valence-corrected chi connectivity index (χ4v) is 2.70. The molecule has 0 atom stereocenters. The first-order valence-electron chi connectivity index (χ1n) is 7.90. The normalized spacial score (nSPS) is 17.4. The average molecular weight is 298 g/mol. The standard InChI is InChI=1S/C18H26N4/c1-14-10-6-7-11-17(14)15(2)20-18(19-4)16(3)21-22-12-8-5-9-13-22/h6-7,10-11,21H,3,5,8-9,12-13H2,1-2,4H3. The highest BCUT2D eigenvalue weighted by atomic mass is 15.5. The monoisotopic (exact) mass is 298 g/mol. The van der Waals surface area contributed by atoms with E-state index in [2.05, 4.69) is 46.1 Å². The number of benzene rings is 1. The summed E-state index contributed by atoms with van der Waals surface area (Å²) in [4.78, 5) is 8.96. The Balaban J connectivity index is 2.09. The Labute approximate surface area is 133 Å². The van der Waals surface area contributed by atoms with Crippen LogP contribution in [-0.2, 0) is 0 Å². The van der Waals surface area contributed by atoms with Crippen LogP contribution >= 0.6 is 0 Å². The number of nitrogens with zero attached hydrogens (tertiary/aromatic N) is 3. The van der Waals surface area contributed by atoms with E-state index in [1.165, 1.54) is 24.8 Å². The molecule has 1 heterocycles. The van der Waals surface area contributed by atoms with Gasteiger partial charge >= 0.3 is 0 Å². The van der Waals surface area contributed by atoms with Crippen LogP contribution in [0.1, 0.15) is 37.3 Å². The van der Waals surface area contributed by atoms with Gasteiger partial charge in [0.15, 0.2) is 5.84 Å². The highest BCUT2D eigenvalue weighted by molar-refractivity contribution is 6.11. The van der Waals surface area contributed by atoms with Crippen molar-refractivity contribution < 1.29 is 0 Å². The minimum atomic E-state index is 0.659. The number of aryl methyl sites for hydroxylation is 1. The summed E-state index contributed by atoms with van der Waals surface area (Å²) in [7, 11) is 1.76. The maximum Gasteiger partial charge on any atom is 0.171 e. The second-order valence-corrected chi connectivity index (χ2v) is 5.70. The van der Waals surface area contributed by atoms with Crippen molar-refractivity contribution in [3.05, 3.63) is 47.7 Å². The van der Waals surface area contributed by atoms with E-state index in [4.69, 9.17) is 0 Å². The van der Waals surface area contributed by atoms with Gasteiger partial charge < -0.3 is 5.43 Å². The molecule has 0 unspecified atom stereocenters. The molecule has 1 aromatic rings. The number of hydrazine groups is 1. The van der Waals surface area contributed by atoms with E-state index < -0.39 is 0 Å². The summed E-state index contributed by atoms with van der Waals surface area (Å²) in [5.74, 6) is 0.659. The Morgan fingerprint density at radius 1 is 1.18 bits per heavy atom. The van der Waals surface area contributed by atoms with E-state index in [-0.39, 0.29) is 0 Å². The lowest BCUT2D eigenvalue weighted by Crippen LogP contribution is -2.42. The zero-order valence-corrected chi connectivity index (χ0v) is 13.9. The van der Waals surface area contributed by atoms with Gasteiger partial charge in [-0.25, -0.2) is 10.0 Å². The predicted octanol–water partition coefficient (Wildman–Crippen LogP) is 3.34. The molecule has 0 aliphatic carbocycles. The molecule has 4 nitrogen and oxygen atoms in total. The highest BCUT2D eigenvalue weighted by Gasteiger charge is 2.13. The molecule has 0 bridgehead atoms. The molecular formula is C18H26N4. The molecule has 4 heteroatoms. The van der Waals surface area contributed by atoms with E-state index in [1.54, 1.807) is 7.05 Å². The molecule has 2 rings (SSSR count). The van der Waals surface area contributed by atoms with Crippen LogP contribution in [-0.4, -0.2) is 36.7 Å². The Hall–Kier alpha value is -1.94. The van der Waals surface area contributed by atoms with E-state index in [0.717, 1.165) is 30.1 Å². The molecule has 1 aliphatic rings. The lowest BCUT2D eigenvalue weighted by Gasteiger charge is -2.28. The highest BCUT2D eigenvalue weighted by Crippen LogP contribution is 2.11. The zero-order chi connectivity index (χ0) is 15.9. The molecule has 1 fully saturated rings. The Bertz CT molecular complexity index is 581. The molecule has 1 N–H and O–H groups in total. The summed E-state index contributed by atoms with van der Waals surface area (Å²) in [6.07, 6.45) is 3.76. The molecule has 1 aromatic carbocycles. The van der Waals surface area contributed by atoms with Gasteiger partial charge in [-0.15, -0.1) is 0 Å². The molecule has 22 heavy (non-hydrogen) atoms. The van der Waals surface area contributed by atoms with Gasteiger partial charge in [-0.2, -0.15) is 0 Å². The van der Waals surface area contributed by atoms with Gasteiger partial charge in [-0.3, -0.25) is 4.99 Å². The van der Waals surface area contributed by atoms with Crippen molar-refractivity contribution in [1.82, 2.24) is 10.4 Å². The van der Waals surface area contributed by atoms with E-state index >= 15 is 0 Å². The number of hydrogen-bond donors (Lipinski definition) is 1. The Morgan fingerprint density at radius 3 is 2.50 bits per heavy atom. The number of hydrogen-bond acceptors (Lipinski definition) is 3. The quantitative estimate of drug-likeness (QED) is 0.684. The number of nitrogens with one attached hydrogen (secondary N) is 1. The topological polar surface area (TPSA) is 40.0 Å². The van der Waals surface area contributed by atoms with Crippen molar-refractivity contribution in [3.63, 3.8) is 0 Å². The second-order valence-electron chi connectivity index (χ2n) is 5.70. The van der Waals surface area contributed by atoms with Crippen molar-refractivity contribution in [1.29, 1.82) is 0 Å². The van der Waals surface area contributed by atoms with Gasteiger partial charge in [-0.1, -0.05) is 37.3 Å². The smallest absolute Gasteiger partial charge is 0.171 e. The zero-order valence-electron chi connectivity index (χ0n) is 13.9. The van der Waals surface area contributed by atoms with E-state index in [9.17, 15) is 0 Å². The molecule has 1 saturated heterocycles. The predicted molar refractivity (Wildman–Crippen MR) is 94.4 cm³/mol. The van der Waals surface area contributed by atoms with Gasteiger partial charge in [0, 0.05) is 25.8 Å². The Kier molecular flexibility index (Phi) is 5.90. The van der Waals surface area contributed by atoms with Crippen molar-refractivity contribution in [3.8, 4) is 0 Å². The van der Waals surface area contributed by atoms with Gasteiger partial charge in [0.2, 0.25) is 0 Å². The van der Waals surface area contributed by atoms with E-state index in [1.807, 2.05) is 19.1 Å². The molecule has 0 amide bonds. The van der Waals surface area contributed by atoms with Gasteiger partial charge in [0.1, 0.15) is 0 Å². The third-order valence-corrected chi connectivity index (χ3v) is 3.94. The van der Waals surface area contributed by atoms with Crippen LogP contribution in [0.25, 0.3) is 0 Å². The Morgan fingerprint density at radius 2 is 1.86 bits per heavy atom. The fourth-order valence-electron chi connectivity index (χ4n) is 2.70. The number of amidine groups is 1. The third kappa shape index (κ3) is 4.28. The third-order valence-electron chi connectivity index (χ3n) is 3.94. The van der Waals surface area contributed by atoms with Crippen LogP contribution in [0, 0.1) is 6.92 Å². The summed E-state index contributed by atoms with van der Waals surface area (Å²) in [5.41, 5.74) is 7.43. The molecule has 1 aliphatic heterocycles. The van der Waals surface area contributed by atoms with Gasteiger partial charge in [-0.05, 0) is 37.8 Å². The summed E-state index contributed by atoms with van der Waals surface area (Å²) >= 11 is 0. The van der Waals surface area contributed by atoms with Crippen LogP contribution in [0.5, 0.6) is 0 Å². The summed E-state index contributed by atoms with van der Waals surface area (Å²) in [5, 5.41) is 2.20. The SMILES string of the molecule is C=C(NN1CCCCC1)C(=NC)N=C(C)c1ccccc1C. The second kappa shape index (κ2) is 7.90. The minimum Gasteiger partial charge on any atom is -0.316 e. The first-order valence-corrected chi connectivity index (χ1v) is 7.90. The van der Waals surface area contributed by atoms with Gasteiger partial charge in [0.25, 0.3) is 0 Å². The molecule has 0 saturated carbocycles. The molecule has 118 valence electrons. The van der Waals surface area contributed by atoms with Crippen LogP contribution in [0.4, 0.5) is 0 Å². The first kappa shape index (κ1) is 16.4. The van der Waals surface area contributed by atoms with Crippen molar-refractivity contribution in [2.75, 3.05) is 20.1 Å². The summed E-state index contributed by atoms with van der Waals surface area (Å²) in [6.45, 7) is 10.3. The minimum absolute atomic E-state index is 0.659. The van der Waals surface area contributed by atoms with Crippen LogP contribution in [0.15, 0.2) is 46.5 Å². The molecule has 0 radical (unpaired) electrons. The lowest BCUT2D eigenvalue weighted by molar-refractivity contribution is 0.179. The maximum absolute atomic E-state index is 4.67. The molecule has 0 spiro atoms. The maximum atomic E-state index is 4.67. The number of piperidine rings is 1. The van der Waals surface area contributed by atoms with Gasteiger partial charge in [0.05, 0.1) is 5.70 Å². The van der Waals surface area contributed by atoms with Crippen LogP contribution < -0.4 is 5.43 Å². The van der Waals surface area contributed by atoms with Crippen molar-refractivity contribution in [2.45, 2.75) is 33.1 Å². The fraction of sp³-hybridized carbons (Fsp3) is 0.444. The van der Waals surface area contributed by atoms with Crippen LogP contribution in [0.2, 0.25) is 0 Å². The number of rotatable bonds is 4. The van der Waals surface area contributed by atoms with Crippen molar-refractivity contribution in [2.24, 2.45) is 9.98 Å². The molecule has 0 aromatic heterocycles. The number of aliphatic imine (C=N–C) groups is 2. The summed E-state index contributed by atoms with van der Waals surface area (Å²) in [6, 6.07) is 8.25. The van der Waals surface area contributed by atoms with E-state index in [0.29, 0.717) is 5.84 Å². The lowest BCUT2D eigenvalue weighted by atomic mass is 10.1. The van der Waals surface area contributed by atoms with Crippen LogP contribution in [0.3, 0.4) is 0 Å². The largest absolute Gasteiger partial charge is 0.316 e. The summed E-state index contributed by atoms with van der Waals surface area (Å²) < 4.78 is 0. The average Bonchev–Trinajstić information content (AvgIpc) is 2.53. The molecular weight excluding hydrogens is 272 g/mol.